The first-order valence-electron chi connectivity index (χ1n) is 8.16. The smallest absolute Gasteiger partial charge is 0.744 e. The van der Waals surface area contributed by atoms with E-state index in [9.17, 15) is 52.1 Å². The summed E-state index contributed by atoms with van der Waals surface area (Å²) in [4.78, 5) is -2.42. The Morgan fingerprint density at radius 3 is 0.735 bits per heavy atom. The number of benzene rings is 3. The fourth-order valence-electron chi connectivity index (χ4n) is 1.94. The van der Waals surface area contributed by atoms with Crippen molar-refractivity contribution in [3.63, 3.8) is 0 Å². The van der Waals surface area contributed by atoms with E-state index in [4.69, 9.17) is 0 Å². The largest absolute Gasteiger partial charge is 3.00 e. The van der Waals surface area contributed by atoms with Crippen LogP contribution < -0.4 is 0 Å². The Balaban J connectivity index is 0.000000473. The second-order valence-corrected chi connectivity index (χ2v) is 9.70. The maximum absolute atomic E-state index is 12.5. The van der Waals surface area contributed by atoms with Crippen LogP contribution in [0.5, 0.6) is 0 Å². The number of hydrogen-bond acceptors (Lipinski definition) is 9. The molecule has 9 nitrogen and oxygen atoms in total. The van der Waals surface area contributed by atoms with Crippen LogP contribution >= 0.6 is 0 Å². The summed E-state index contributed by atoms with van der Waals surface area (Å²) in [6.45, 7) is 0. The van der Waals surface area contributed by atoms with Crippen LogP contribution in [0.1, 0.15) is 0 Å². The Kier molecular flexibility index (Phi) is 12.9. The molecule has 0 saturated heterocycles. The molecule has 0 aliphatic carbocycles. The van der Waals surface area contributed by atoms with E-state index in [0.717, 1.165) is 36.4 Å². The van der Waals surface area contributed by atoms with Crippen molar-refractivity contribution in [2.24, 2.45) is 0 Å². The Morgan fingerprint density at radius 2 is 0.618 bits per heavy atom. The third-order valence-electron chi connectivity index (χ3n) is 3.32. The van der Waals surface area contributed by atoms with Crippen LogP contribution in [0.25, 0.3) is 0 Å². The minimum Gasteiger partial charge on any atom is -0.744 e. The summed E-state index contributed by atoms with van der Waals surface area (Å²) in [5.41, 5.74) is 0. The predicted molar refractivity (Wildman–Crippen MR) is 103 cm³/mol. The third-order valence-corrected chi connectivity index (χ3v) is 5.93. The molecule has 0 heterocycles. The first kappa shape index (κ1) is 32.4. The molecular weight excluding hydrogens is 678 g/mol. The van der Waals surface area contributed by atoms with Crippen molar-refractivity contribution < 1.29 is 89.8 Å². The SMILES string of the molecule is O=S(=O)([O-])c1ccccc1F.O=S(=O)([O-])c1ccccc1F.O=S(=O)([O-])c1ccccc1F.[Ho+3]. The molecule has 0 atom stereocenters. The fraction of sp³-hybridized carbons (Fsp3) is 0. The standard InChI is InChI=1S/3C6H5FO3S.Ho/c3*7-5-3-1-2-4-6(5)11(8,9)10;/h3*1-4H,(H,8,9,10);/q;;;+3/p-3. The van der Waals surface area contributed by atoms with Crippen LogP contribution in [0.2, 0.25) is 0 Å². The summed E-state index contributed by atoms with van der Waals surface area (Å²) in [5, 5.41) is 0. The van der Waals surface area contributed by atoms with E-state index in [0.29, 0.717) is 0 Å². The van der Waals surface area contributed by atoms with Gasteiger partial charge in [0, 0.05) is 0 Å². The van der Waals surface area contributed by atoms with E-state index in [1.807, 2.05) is 0 Å². The normalized spacial score (nSPS) is 11.1. The molecule has 34 heavy (non-hydrogen) atoms. The molecule has 0 aliphatic rings. The van der Waals surface area contributed by atoms with Gasteiger partial charge in [0.1, 0.15) is 47.8 Å². The van der Waals surface area contributed by atoms with Gasteiger partial charge in [-0.15, -0.1) is 0 Å². The molecular formula is C18H12F3HoO9S3. The van der Waals surface area contributed by atoms with Crippen molar-refractivity contribution in [3.8, 4) is 0 Å². The molecule has 3 aromatic rings. The molecule has 0 unspecified atom stereocenters. The number of hydrogen-bond donors (Lipinski definition) is 0. The van der Waals surface area contributed by atoms with Gasteiger partial charge in [0.2, 0.25) is 0 Å². The van der Waals surface area contributed by atoms with E-state index >= 15 is 0 Å². The van der Waals surface area contributed by atoms with Crippen LogP contribution in [-0.2, 0) is 30.4 Å². The summed E-state index contributed by atoms with van der Waals surface area (Å²) in [5.74, 6) is -3.03. The second kappa shape index (κ2) is 13.5. The van der Waals surface area contributed by atoms with E-state index in [1.165, 1.54) is 36.4 Å². The van der Waals surface area contributed by atoms with Crippen molar-refractivity contribution >= 4 is 30.4 Å². The van der Waals surface area contributed by atoms with Gasteiger partial charge in [-0.05, 0) is 36.4 Å². The number of halogens is 3. The first-order chi connectivity index (χ1) is 15.0. The molecule has 0 radical (unpaired) electrons. The molecule has 16 heteroatoms. The van der Waals surface area contributed by atoms with Crippen molar-refractivity contribution in [1.29, 1.82) is 0 Å². The molecule has 3 aromatic carbocycles. The minimum atomic E-state index is -4.66. The Morgan fingerprint density at radius 1 is 0.441 bits per heavy atom. The summed E-state index contributed by atoms with van der Waals surface area (Å²) < 4.78 is 130. The second-order valence-electron chi connectivity index (χ2n) is 5.65. The van der Waals surface area contributed by atoms with Crippen molar-refractivity contribution in [1.82, 2.24) is 0 Å². The van der Waals surface area contributed by atoms with Crippen molar-refractivity contribution in [2.75, 3.05) is 0 Å². The predicted octanol–water partition coefficient (Wildman–Crippen LogP) is 2.19. The van der Waals surface area contributed by atoms with Gasteiger partial charge >= 0.3 is 37.7 Å². The Hall–Kier alpha value is -1.56. The number of rotatable bonds is 3. The van der Waals surface area contributed by atoms with Gasteiger partial charge in [-0.25, -0.2) is 38.4 Å². The van der Waals surface area contributed by atoms with Crippen LogP contribution in [0.3, 0.4) is 0 Å². The molecule has 0 fully saturated rings. The summed E-state index contributed by atoms with van der Waals surface area (Å²) in [7, 11) is -14.0. The zero-order valence-corrected chi connectivity index (χ0v) is 20.6. The van der Waals surface area contributed by atoms with E-state index in [2.05, 4.69) is 0 Å². The Labute approximate surface area is 223 Å². The maximum atomic E-state index is 12.5. The third kappa shape index (κ3) is 10.8. The van der Waals surface area contributed by atoms with Crippen LogP contribution in [0.4, 0.5) is 13.2 Å². The quantitative estimate of drug-likeness (QED) is 0.295. The van der Waals surface area contributed by atoms with Gasteiger partial charge in [0.15, 0.2) is 0 Å². The molecule has 0 bridgehead atoms. The zero-order chi connectivity index (χ0) is 25.4. The average molecular weight is 690 g/mol. The van der Waals surface area contributed by atoms with Gasteiger partial charge < -0.3 is 13.7 Å². The van der Waals surface area contributed by atoms with Crippen LogP contribution in [0.15, 0.2) is 87.5 Å². The fourth-order valence-corrected chi connectivity index (χ4v) is 3.60. The van der Waals surface area contributed by atoms with Crippen LogP contribution in [-0.4, -0.2) is 38.9 Å². The molecule has 188 valence electrons. The average Bonchev–Trinajstić information content (AvgIpc) is 2.67. The van der Waals surface area contributed by atoms with Crippen molar-refractivity contribution in [3.05, 3.63) is 90.2 Å². The van der Waals surface area contributed by atoms with Gasteiger partial charge in [-0.2, -0.15) is 0 Å². The monoisotopic (exact) mass is 690 g/mol. The van der Waals surface area contributed by atoms with Gasteiger partial charge in [-0.3, -0.25) is 0 Å². The van der Waals surface area contributed by atoms with Gasteiger partial charge in [0.25, 0.3) is 0 Å². The summed E-state index contributed by atoms with van der Waals surface area (Å²) in [6, 6.07) is 13.3. The van der Waals surface area contributed by atoms with E-state index in [1.54, 1.807) is 0 Å². The molecule has 3 rings (SSSR count). The zero-order valence-electron chi connectivity index (χ0n) is 16.3. The molecule has 0 saturated carbocycles. The molecule has 0 aromatic heterocycles. The minimum absolute atomic E-state index is 0. The molecule has 0 spiro atoms. The molecule has 0 amide bonds. The van der Waals surface area contributed by atoms with Gasteiger partial charge in [-0.1, -0.05) is 36.4 Å². The van der Waals surface area contributed by atoms with E-state index in [-0.39, 0.29) is 37.7 Å². The molecule has 0 aliphatic heterocycles. The maximum Gasteiger partial charge on any atom is 3.00 e. The van der Waals surface area contributed by atoms with Crippen molar-refractivity contribution in [2.45, 2.75) is 14.7 Å². The van der Waals surface area contributed by atoms with Crippen LogP contribution in [0, 0.1) is 55.2 Å². The topological polar surface area (TPSA) is 172 Å². The van der Waals surface area contributed by atoms with E-state index < -0.39 is 62.5 Å². The Bertz CT molecular complexity index is 1250. The molecule has 0 N–H and O–H groups in total. The summed E-state index contributed by atoms with van der Waals surface area (Å²) >= 11 is 0. The first-order valence-corrected chi connectivity index (χ1v) is 12.4. The van der Waals surface area contributed by atoms with Gasteiger partial charge in [0.05, 0.1) is 14.7 Å². The summed E-state index contributed by atoms with van der Waals surface area (Å²) in [6.07, 6.45) is 0.